The molecule has 90 valence electrons. The lowest BCUT2D eigenvalue weighted by Gasteiger charge is -2.21. The largest absolute Gasteiger partial charge is 0.481 e. The number of hydrogen-bond donors (Lipinski definition) is 3. The molecule has 0 aromatic rings. The van der Waals surface area contributed by atoms with Gasteiger partial charge in [0.1, 0.15) is 12.2 Å². The van der Waals surface area contributed by atoms with Crippen LogP contribution in [-0.4, -0.2) is 56.3 Å². The van der Waals surface area contributed by atoms with Gasteiger partial charge >= 0.3 is 11.9 Å². The van der Waals surface area contributed by atoms with Crippen molar-refractivity contribution in [3.05, 3.63) is 0 Å². The van der Waals surface area contributed by atoms with Crippen LogP contribution in [0.3, 0.4) is 0 Å². The molecular formula is C7H10NO7P. The number of hydrogen-bond acceptors (Lipinski definition) is 4. The molecule has 1 saturated heterocycles. The summed E-state index contributed by atoms with van der Waals surface area (Å²) in [5.41, 5.74) is 0. The van der Waals surface area contributed by atoms with E-state index >= 15 is 0 Å². The fraction of sp³-hybridized carbons (Fsp3) is 0.571. The minimum absolute atomic E-state index is 0.601. The van der Waals surface area contributed by atoms with Gasteiger partial charge in [-0.25, -0.2) is 4.79 Å². The van der Waals surface area contributed by atoms with E-state index in [1.807, 2.05) is 0 Å². The maximum absolute atomic E-state index is 11.3. The first-order valence-electron chi connectivity index (χ1n) is 4.28. The SMILES string of the molecule is O=C(O)C[C@@H](C(=O)O)N1CP(=O)(O)CC1=O. The van der Waals surface area contributed by atoms with Gasteiger partial charge in [0.25, 0.3) is 0 Å². The highest BCUT2D eigenvalue weighted by Crippen LogP contribution is 2.46. The Morgan fingerprint density at radius 1 is 1.44 bits per heavy atom. The zero-order valence-corrected chi connectivity index (χ0v) is 8.96. The molecule has 1 aliphatic heterocycles. The Bertz CT molecular complexity index is 392. The Labute approximate surface area is 89.9 Å². The molecule has 0 spiro atoms. The smallest absolute Gasteiger partial charge is 0.327 e. The number of amides is 1. The molecule has 8 nitrogen and oxygen atoms in total. The second-order valence-corrected chi connectivity index (χ2v) is 5.75. The number of rotatable bonds is 4. The van der Waals surface area contributed by atoms with Crippen molar-refractivity contribution < 1.29 is 34.1 Å². The molecule has 16 heavy (non-hydrogen) atoms. The summed E-state index contributed by atoms with van der Waals surface area (Å²) in [7, 11) is -3.67. The zero-order chi connectivity index (χ0) is 12.5. The van der Waals surface area contributed by atoms with Crippen molar-refractivity contribution in [3.63, 3.8) is 0 Å². The van der Waals surface area contributed by atoms with Crippen LogP contribution in [0.25, 0.3) is 0 Å². The number of aliphatic carboxylic acids is 2. The predicted octanol–water partition coefficient (Wildman–Crippen LogP) is -1.02. The zero-order valence-electron chi connectivity index (χ0n) is 8.07. The number of carboxylic acid groups (broad SMARTS) is 2. The first-order chi connectivity index (χ1) is 7.23. The molecule has 1 rings (SSSR count). The monoisotopic (exact) mass is 251 g/mol. The van der Waals surface area contributed by atoms with Crippen LogP contribution in [0.4, 0.5) is 0 Å². The molecule has 1 aliphatic rings. The van der Waals surface area contributed by atoms with Crippen molar-refractivity contribution in [2.45, 2.75) is 12.5 Å². The summed E-state index contributed by atoms with van der Waals surface area (Å²) in [6.45, 7) is 0. The summed E-state index contributed by atoms with van der Waals surface area (Å²) < 4.78 is 11.2. The molecule has 0 aliphatic carbocycles. The van der Waals surface area contributed by atoms with Gasteiger partial charge in [-0.15, -0.1) is 0 Å². The van der Waals surface area contributed by atoms with Crippen molar-refractivity contribution in [1.29, 1.82) is 0 Å². The third-order valence-corrected chi connectivity index (χ3v) is 3.62. The quantitative estimate of drug-likeness (QED) is 0.545. The summed E-state index contributed by atoms with van der Waals surface area (Å²) in [6, 6.07) is -1.59. The van der Waals surface area contributed by atoms with Crippen LogP contribution < -0.4 is 0 Å². The van der Waals surface area contributed by atoms with Gasteiger partial charge in [-0.1, -0.05) is 0 Å². The topological polar surface area (TPSA) is 132 Å². The normalized spacial score (nSPS) is 26.8. The van der Waals surface area contributed by atoms with Gasteiger partial charge in [0.2, 0.25) is 13.3 Å². The molecule has 1 heterocycles. The second kappa shape index (κ2) is 4.23. The number of carbonyl (C=O) groups is 3. The Morgan fingerprint density at radius 2 is 2.00 bits per heavy atom. The Hall–Kier alpha value is -1.40. The minimum Gasteiger partial charge on any atom is -0.481 e. The van der Waals surface area contributed by atoms with Crippen molar-refractivity contribution in [2.24, 2.45) is 0 Å². The van der Waals surface area contributed by atoms with E-state index in [0.717, 1.165) is 0 Å². The third-order valence-electron chi connectivity index (χ3n) is 2.11. The van der Waals surface area contributed by atoms with Gasteiger partial charge in [-0.3, -0.25) is 14.2 Å². The summed E-state index contributed by atoms with van der Waals surface area (Å²) >= 11 is 0. The number of carboxylic acids is 2. The molecule has 1 fully saturated rings. The minimum atomic E-state index is -3.67. The molecule has 0 aromatic carbocycles. The number of carbonyl (C=O) groups excluding carboxylic acids is 1. The molecule has 0 aromatic heterocycles. The molecule has 0 saturated carbocycles. The van der Waals surface area contributed by atoms with E-state index in [0.29, 0.717) is 4.90 Å². The molecule has 9 heteroatoms. The molecule has 0 bridgehead atoms. The van der Waals surface area contributed by atoms with Gasteiger partial charge < -0.3 is 20.0 Å². The summed E-state index contributed by atoms with van der Waals surface area (Å²) in [6.07, 6.45) is -2.02. The highest BCUT2D eigenvalue weighted by atomic mass is 31.2. The Morgan fingerprint density at radius 3 is 2.31 bits per heavy atom. The van der Waals surface area contributed by atoms with Crippen molar-refractivity contribution >= 4 is 25.2 Å². The first-order valence-corrected chi connectivity index (χ1v) is 6.31. The van der Waals surface area contributed by atoms with E-state index in [9.17, 15) is 18.9 Å². The van der Waals surface area contributed by atoms with E-state index in [1.54, 1.807) is 0 Å². The van der Waals surface area contributed by atoms with Gasteiger partial charge in [0, 0.05) is 0 Å². The fourth-order valence-corrected chi connectivity index (χ4v) is 2.97. The number of nitrogens with zero attached hydrogens (tertiary/aromatic N) is 1. The van der Waals surface area contributed by atoms with Crippen LogP contribution in [0.15, 0.2) is 0 Å². The maximum Gasteiger partial charge on any atom is 0.327 e. The molecule has 1 amide bonds. The second-order valence-electron chi connectivity index (χ2n) is 3.46. The van der Waals surface area contributed by atoms with E-state index < -0.39 is 50.1 Å². The molecule has 2 atom stereocenters. The maximum atomic E-state index is 11.3. The highest BCUT2D eigenvalue weighted by molar-refractivity contribution is 7.59. The lowest BCUT2D eigenvalue weighted by atomic mass is 10.2. The Balaban J connectivity index is 2.88. The van der Waals surface area contributed by atoms with E-state index in [-0.39, 0.29) is 0 Å². The van der Waals surface area contributed by atoms with Crippen LogP contribution in [-0.2, 0) is 18.9 Å². The summed E-state index contributed by atoms with van der Waals surface area (Å²) in [4.78, 5) is 42.2. The fourth-order valence-electron chi connectivity index (χ4n) is 1.44. The third kappa shape index (κ3) is 2.80. The van der Waals surface area contributed by atoms with E-state index in [4.69, 9.17) is 15.1 Å². The molecule has 0 radical (unpaired) electrons. The van der Waals surface area contributed by atoms with Gasteiger partial charge in [-0.05, 0) is 0 Å². The summed E-state index contributed by atoms with van der Waals surface area (Å²) in [5.74, 6) is -3.70. The lowest BCUT2D eigenvalue weighted by Crippen LogP contribution is -2.43. The van der Waals surface area contributed by atoms with Crippen molar-refractivity contribution in [2.75, 3.05) is 12.4 Å². The highest BCUT2D eigenvalue weighted by Gasteiger charge is 2.43. The Kier molecular flexibility index (Phi) is 3.35. The van der Waals surface area contributed by atoms with Gasteiger partial charge in [0.05, 0.1) is 12.7 Å². The van der Waals surface area contributed by atoms with Crippen LogP contribution in [0.5, 0.6) is 0 Å². The van der Waals surface area contributed by atoms with Gasteiger partial charge in [0.15, 0.2) is 0 Å². The van der Waals surface area contributed by atoms with E-state index in [2.05, 4.69) is 0 Å². The van der Waals surface area contributed by atoms with Crippen LogP contribution in [0, 0.1) is 0 Å². The molecular weight excluding hydrogens is 241 g/mol. The lowest BCUT2D eigenvalue weighted by molar-refractivity contribution is -0.152. The van der Waals surface area contributed by atoms with Crippen LogP contribution in [0.1, 0.15) is 6.42 Å². The van der Waals surface area contributed by atoms with Crippen LogP contribution in [0.2, 0.25) is 0 Å². The van der Waals surface area contributed by atoms with E-state index in [1.165, 1.54) is 0 Å². The van der Waals surface area contributed by atoms with Crippen LogP contribution >= 0.6 is 7.37 Å². The predicted molar refractivity (Wildman–Crippen MR) is 50.1 cm³/mol. The van der Waals surface area contributed by atoms with Crippen molar-refractivity contribution in [3.8, 4) is 0 Å². The standard InChI is InChI=1S/C7H10NO7P/c9-5-2-16(14,15)3-8(5)4(7(12)13)1-6(10)11/h4H,1-3H2,(H,10,11)(H,12,13)(H,14,15)/t4-/m0/s1. The van der Waals surface area contributed by atoms with Crippen molar-refractivity contribution in [1.82, 2.24) is 4.90 Å². The molecule has 3 N–H and O–H groups in total. The average Bonchev–Trinajstić information content (AvgIpc) is 2.34. The first kappa shape index (κ1) is 12.7. The molecule has 1 unspecified atom stereocenters. The summed E-state index contributed by atoms with van der Waals surface area (Å²) in [5, 5.41) is 17.2. The average molecular weight is 251 g/mol. The van der Waals surface area contributed by atoms with Gasteiger partial charge in [-0.2, -0.15) is 0 Å².